The number of nitrogens with two attached hydrogens (primary N) is 2. The second-order valence-corrected chi connectivity index (χ2v) is 4.63. The summed E-state index contributed by atoms with van der Waals surface area (Å²) in [4.78, 5) is 13.6. The fraction of sp³-hybridized carbons (Fsp3) is 0.462. The van der Waals surface area contributed by atoms with Crippen LogP contribution in [0, 0.1) is 0 Å². The van der Waals surface area contributed by atoms with E-state index >= 15 is 0 Å². The highest BCUT2D eigenvalue weighted by molar-refractivity contribution is 6.01. The summed E-state index contributed by atoms with van der Waals surface area (Å²) >= 11 is 0. The topological polar surface area (TPSA) is 92.6 Å². The molecular formula is C13H19N3O2. The highest BCUT2D eigenvalue weighted by atomic mass is 16.3. The molecule has 1 aromatic rings. The molecule has 0 fully saturated rings. The lowest BCUT2D eigenvalue weighted by Gasteiger charge is -2.20. The van der Waals surface area contributed by atoms with Gasteiger partial charge in [0.15, 0.2) is 0 Å². The second kappa shape index (κ2) is 5.48. The fourth-order valence-corrected chi connectivity index (χ4v) is 2.25. The van der Waals surface area contributed by atoms with Crippen LogP contribution in [0.3, 0.4) is 0 Å². The zero-order valence-corrected chi connectivity index (χ0v) is 10.3. The number of aliphatic hydroxyl groups is 1. The first-order valence-corrected chi connectivity index (χ1v) is 6.14. The minimum absolute atomic E-state index is 0.0406. The van der Waals surface area contributed by atoms with E-state index in [-0.39, 0.29) is 12.5 Å². The Morgan fingerprint density at radius 3 is 2.89 bits per heavy atom. The Bertz CT molecular complexity index is 448. The van der Waals surface area contributed by atoms with Gasteiger partial charge in [-0.2, -0.15) is 0 Å². The summed E-state index contributed by atoms with van der Waals surface area (Å²) in [7, 11) is 0. The number of amides is 1. The minimum Gasteiger partial charge on any atom is -0.395 e. The van der Waals surface area contributed by atoms with E-state index in [2.05, 4.69) is 0 Å². The molecule has 0 saturated carbocycles. The highest BCUT2D eigenvalue weighted by Crippen LogP contribution is 2.29. The van der Waals surface area contributed by atoms with Crippen molar-refractivity contribution >= 4 is 11.6 Å². The number of hydrogen-bond acceptors (Lipinski definition) is 4. The molecule has 1 amide bonds. The van der Waals surface area contributed by atoms with E-state index in [1.807, 2.05) is 18.2 Å². The number of benzene rings is 1. The molecule has 0 spiro atoms. The molecule has 2 rings (SSSR count). The first kappa shape index (κ1) is 13.0. The quantitative estimate of drug-likeness (QED) is 0.649. The zero-order valence-electron chi connectivity index (χ0n) is 10.3. The third-order valence-corrected chi connectivity index (χ3v) is 3.16. The lowest BCUT2D eigenvalue weighted by Crippen LogP contribution is -2.41. The molecule has 1 heterocycles. The van der Waals surface area contributed by atoms with Crippen molar-refractivity contribution in [1.82, 2.24) is 0 Å². The lowest BCUT2D eigenvalue weighted by molar-refractivity contribution is -0.117. The number of hydrogen-bond donors (Lipinski definition) is 3. The van der Waals surface area contributed by atoms with Crippen LogP contribution in [0.2, 0.25) is 0 Å². The van der Waals surface area contributed by atoms with Gasteiger partial charge in [0.1, 0.15) is 0 Å². The first-order chi connectivity index (χ1) is 8.65. The molecule has 1 aliphatic heterocycles. The molecule has 1 aromatic carbocycles. The molecule has 98 valence electrons. The monoisotopic (exact) mass is 249 g/mol. The molecule has 5 heteroatoms. The molecule has 1 aliphatic rings. The number of fused-ring (bicyclic) bond motifs is 1. The standard InChI is InChI=1S/C13H19N3O2/c14-4-3-9-1-2-12-10(5-9)6-13(18)16(12)7-11(15)8-17/h1-2,5,11,17H,3-4,6-8,14-15H2. The maximum atomic E-state index is 11.9. The van der Waals surface area contributed by atoms with Gasteiger partial charge in [-0.25, -0.2) is 0 Å². The normalized spacial score (nSPS) is 15.9. The van der Waals surface area contributed by atoms with Crippen molar-refractivity contribution < 1.29 is 9.90 Å². The Morgan fingerprint density at radius 1 is 1.44 bits per heavy atom. The van der Waals surface area contributed by atoms with E-state index in [1.54, 1.807) is 4.90 Å². The van der Waals surface area contributed by atoms with E-state index in [1.165, 1.54) is 0 Å². The van der Waals surface area contributed by atoms with Crippen LogP contribution in [-0.2, 0) is 17.6 Å². The van der Waals surface area contributed by atoms with E-state index in [4.69, 9.17) is 16.6 Å². The third-order valence-electron chi connectivity index (χ3n) is 3.16. The van der Waals surface area contributed by atoms with Crippen LogP contribution in [0.4, 0.5) is 5.69 Å². The molecule has 0 saturated heterocycles. The van der Waals surface area contributed by atoms with E-state index < -0.39 is 6.04 Å². The molecule has 0 aromatic heterocycles. The number of carbonyl (C=O) groups excluding carboxylic acids is 1. The van der Waals surface area contributed by atoms with Gasteiger partial charge < -0.3 is 21.5 Å². The van der Waals surface area contributed by atoms with Crippen molar-refractivity contribution in [3.8, 4) is 0 Å². The van der Waals surface area contributed by atoms with Gasteiger partial charge in [-0.1, -0.05) is 12.1 Å². The van der Waals surface area contributed by atoms with Crippen molar-refractivity contribution in [2.45, 2.75) is 18.9 Å². The van der Waals surface area contributed by atoms with Gasteiger partial charge in [0.2, 0.25) is 5.91 Å². The van der Waals surface area contributed by atoms with E-state index in [9.17, 15) is 4.79 Å². The molecule has 5 N–H and O–H groups in total. The molecule has 0 bridgehead atoms. The number of nitrogens with zero attached hydrogens (tertiary/aromatic N) is 1. The smallest absolute Gasteiger partial charge is 0.231 e. The summed E-state index contributed by atoms with van der Waals surface area (Å²) in [6, 6.07) is 5.56. The summed E-state index contributed by atoms with van der Waals surface area (Å²) < 4.78 is 0. The van der Waals surface area contributed by atoms with Gasteiger partial charge in [0.25, 0.3) is 0 Å². The number of carbonyl (C=O) groups is 1. The summed E-state index contributed by atoms with van der Waals surface area (Å²) in [6.07, 6.45) is 1.23. The lowest BCUT2D eigenvalue weighted by atomic mass is 10.1. The number of rotatable bonds is 5. The Labute approximate surface area is 106 Å². The molecule has 5 nitrogen and oxygen atoms in total. The largest absolute Gasteiger partial charge is 0.395 e. The maximum Gasteiger partial charge on any atom is 0.231 e. The van der Waals surface area contributed by atoms with Gasteiger partial charge in [-0.3, -0.25) is 4.79 Å². The molecule has 0 radical (unpaired) electrons. The third kappa shape index (κ3) is 2.53. The van der Waals surface area contributed by atoms with Gasteiger partial charge in [-0.15, -0.1) is 0 Å². The minimum atomic E-state index is -0.399. The summed E-state index contributed by atoms with van der Waals surface area (Å²) in [5, 5.41) is 8.97. The highest BCUT2D eigenvalue weighted by Gasteiger charge is 2.28. The van der Waals surface area contributed by atoms with Crippen LogP contribution in [0.5, 0.6) is 0 Å². The van der Waals surface area contributed by atoms with E-state index in [0.29, 0.717) is 19.5 Å². The summed E-state index contributed by atoms with van der Waals surface area (Å²) in [5.41, 5.74) is 14.3. The van der Waals surface area contributed by atoms with Crippen molar-refractivity contribution in [3.63, 3.8) is 0 Å². The Hall–Kier alpha value is -1.43. The molecule has 1 unspecified atom stereocenters. The maximum absolute atomic E-state index is 11.9. The number of anilines is 1. The second-order valence-electron chi connectivity index (χ2n) is 4.63. The SMILES string of the molecule is NCCc1ccc2c(c1)CC(=O)N2CC(N)CO. The van der Waals surface area contributed by atoms with Gasteiger partial charge in [-0.05, 0) is 30.2 Å². The van der Waals surface area contributed by atoms with E-state index in [0.717, 1.165) is 23.2 Å². The van der Waals surface area contributed by atoms with Gasteiger partial charge in [0, 0.05) is 18.3 Å². The van der Waals surface area contributed by atoms with Crippen LogP contribution in [0.15, 0.2) is 18.2 Å². The van der Waals surface area contributed by atoms with Crippen molar-refractivity contribution in [1.29, 1.82) is 0 Å². The predicted molar refractivity (Wildman–Crippen MR) is 70.3 cm³/mol. The van der Waals surface area contributed by atoms with Crippen molar-refractivity contribution in [3.05, 3.63) is 29.3 Å². The van der Waals surface area contributed by atoms with Gasteiger partial charge in [0.05, 0.1) is 13.0 Å². The Morgan fingerprint density at radius 2 is 2.22 bits per heavy atom. The summed E-state index contributed by atoms with van der Waals surface area (Å²) in [6.45, 7) is 0.842. The van der Waals surface area contributed by atoms with Crippen LogP contribution in [0.1, 0.15) is 11.1 Å². The predicted octanol–water partition coefficient (Wildman–Crippen LogP) is -0.603. The van der Waals surface area contributed by atoms with Crippen LogP contribution in [-0.4, -0.2) is 36.8 Å². The first-order valence-electron chi connectivity index (χ1n) is 6.14. The molecule has 1 atom stereocenters. The Balaban J connectivity index is 2.21. The van der Waals surface area contributed by atoms with Gasteiger partial charge >= 0.3 is 0 Å². The Kier molecular flexibility index (Phi) is 3.96. The summed E-state index contributed by atoms with van der Waals surface area (Å²) in [5.74, 6) is 0.0406. The van der Waals surface area contributed by atoms with Crippen LogP contribution in [0.25, 0.3) is 0 Å². The molecule has 18 heavy (non-hydrogen) atoms. The zero-order chi connectivity index (χ0) is 13.1. The molecular weight excluding hydrogens is 230 g/mol. The van der Waals surface area contributed by atoms with Crippen molar-refractivity contribution in [2.24, 2.45) is 11.5 Å². The molecule has 0 aliphatic carbocycles. The van der Waals surface area contributed by atoms with Crippen LogP contribution < -0.4 is 16.4 Å². The average Bonchev–Trinajstić information content (AvgIpc) is 2.65. The number of aliphatic hydroxyl groups excluding tert-OH is 1. The van der Waals surface area contributed by atoms with Crippen LogP contribution >= 0.6 is 0 Å². The van der Waals surface area contributed by atoms with Crippen molar-refractivity contribution in [2.75, 3.05) is 24.6 Å². The average molecular weight is 249 g/mol. The fourth-order valence-electron chi connectivity index (χ4n) is 2.25.